The number of fused-ring (bicyclic) bond motifs is 1. The molecule has 0 radical (unpaired) electrons. The van der Waals surface area contributed by atoms with E-state index in [-0.39, 0.29) is 5.91 Å². The first-order valence-electron chi connectivity index (χ1n) is 8.50. The van der Waals surface area contributed by atoms with Crippen molar-refractivity contribution >= 4 is 28.4 Å². The third-order valence-corrected chi connectivity index (χ3v) is 4.82. The van der Waals surface area contributed by atoms with Gasteiger partial charge in [-0.25, -0.2) is 4.98 Å². The Hall–Kier alpha value is -2.39. The molecule has 1 N–H and O–H groups in total. The molecule has 4 heteroatoms. The zero-order valence-corrected chi connectivity index (χ0v) is 15.0. The van der Waals surface area contributed by atoms with Crippen molar-refractivity contribution in [1.82, 2.24) is 10.3 Å². The molecule has 0 atom stereocenters. The lowest BCUT2D eigenvalue weighted by molar-refractivity contribution is 0.0952. The smallest absolute Gasteiger partial charge is 0.252 e. The highest BCUT2D eigenvalue weighted by Gasteiger charge is 2.25. The van der Waals surface area contributed by atoms with Crippen molar-refractivity contribution in [2.45, 2.75) is 32.7 Å². The van der Waals surface area contributed by atoms with Crippen LogP contribution in [0.1, 0.15) is 34.3 Å². The lowest BCUT2D eigenvalue weighted by Gasteiger charge is -2.12. The highest BCUT2D eigenvalue weighted by Crippen LogP contribution is 2.30. The van der Waals surface area contributed by atoms with Gasteiger partial charge < -0.3 is 5.32 Å². The molecular formula is C21H19ClN2O. The number of nitrogens with zero attached hydrogens (tertiary/aromatic N) is 1. The van der Waals surface area contributed by atoms with Crippen LogP contribution in [0.25, 0.3) is 22.2 Å². The van der Waals surface area contributed by atoms with E-state index >= 15 is 0 Å². The number of hydrogen-bond donors (Lipinski definition) is 1. The van der Waals surface area contributed by atoms with E-state index in [1.807, 2.05) is 24.3 Å². The van der Waals surface area contributed by atoms with E-state index in [9.17, 15) is 4.79 Å². The summed E-state index contributed by atoms with van der Waals surface area (Å²) in [6.45, 7) is 4.14. The predicted octanol–water partition coefficient (Wildman–Crippen LogP) is 5.06. The van der Waals surface area contributed by atoms with E-state index in [0.717, 1.165) is 40.6 Å². The van der Waals surface area contributed by atoms with Crippen molar-refractivity contribution in [3.8, 4) is 11.3 Å². The largest absolute Gasteiger partial charge is 0.349 e. The molecule has 0 saturated heterocycles. The molecule has 0 aliphatic heterocycles. The maximum atomic E-state index is 12.8. The third-order valence-electron chi connectivity index (χ3n) is 4.59. The van der Waals surface area contributed by atoms with Crippen LogP contribution in [0.3, 0.4) is 0 Å². The number of carbonyl (C=O) groups is 1. The molecule has 25 heavy (non-hydrogen) atoms. The first-order chi connectivity index (χ1) is 12.0. The van der Waals surface area contributed by atoms with Gasteiger partial charge in [0, 0.05) is 22.0 Å². The fraction of sp³-hybridized carbons (Fsp3) is 0.238. The van der Waals surface area contributed by atoms with Crippen LogP contribution >= 0.6 is 11.6 Å². The molecule has 1 aliphatic rings. The van der Waals surface area contributed by atoms with Gasteiger partial charge in [0.1, 0.15) is 0 Å². The summed E-state index contributed by atoms with van der Waals surface area (Å²) in [6.07, 6.45) is 2.11. The van der Waals surface area contributed by atoms with E-state index < -0.39 is 0 Å². The van der Waals surface area contributed by atoms with Crippen LogP contribution in [-0.4, -0.2) is 16.9 Å². The molecule has 2 aromatic carbocycles. The highest BCUT2D eigenvalue weighted by molar-refractivity contribution is 6.31. The number of nitrogens with one attached hydrogen (secondary N) is 1. The number of amides is 1. The molecule has 0 unspecified atom stereocenters. The summed E-state index contributed by atoms with van der Waals surface area (Å²) in [6, 6.07) is 14.0. The molecule has 1 heterocycles. The predicted molar refractivity (Wildman–Crippen MR) is 102 cm³/mol. The average Bonchev–Trinajstić information content (AvgIpc) is 3.38. The summed E-state index contributed by atoms with van der Waals surface area (Å²) in [5, 5.41) is 4.47. The van der Waals surface area contributed by atoms with Gasteiger partial charge in [0.05, 0.1) is 16.8 Å². The van der Waals surface area contributed by atoms with Crippen molar-refractivity contribution < 1.29 is 4.79 Å². The summed E-state index contributed by atoms with van der Waals surface area (Å²) in [7, 11) is 0. The minimum Gasteiger partial charge on any atom is -0.349 e. The van der Waals surface area contributed by atoms with Crippen molar-refractivity contribution in [2.24, 2.45) is 0 Å². The first-order valence-corrected chi connectivity index (χ1v) is 8.88. The standard InChI is InChI=1S/C21H19ClN2O/c1-12-3-7-16(13(2)9-12)20-11-18(21(25)23-15-5-6-15)17-10-14(22)4-8-19(17)24-20/h3-4,7-11,15H,5-6H2,1-2H3,(H,23,25). The van der Waals surface area contributed by atoms with E-state index in [1.54, 1.807) is 0 Å². The normalized spacial score (nSPS) is 13.9. The van der Waals surface area contributed by atoms with Crippen molar-refractivity contribution in [2.75, 3.05) is 0 Å². The average molecular weight is 351 g/mol. The Morgan fingerprint density at radius 2 is 1.92 bits per heavy atom. The minimum atomic E-state index is -0.0526. The van der Waals surface area contributed by atoms with Crippen molar-refractivity contribution in [3.63, 3.8) is 0 Å². The zero-order chi connectivity index (χ0) is 17.6. The maximum absolute atomic E-state index is 12.8. The van der Waals surface area contributed by atoms with E-state index in [0.29, 0.717) is 16.6 Å². The minimum absolute atomic E-state index is 0.0526. The molecule has 0 spiro atoms. The van der Waals surface area contributed by atoms with Crippen LogP contribution in [0, 0.1) is 13.8 Å². The van der Waals surface area contributed by atoms with Gasteiger partial charge in [0.15, 0.2) is 0 Å². The van der Waals surface area contributed by atoms with Gasteiger partial charge in [-0.05, 0) is 56.5 Å². The molecule has 1 saturated carbocycles. The Labute approximate surface area is 152 Å². The molecular weight excluding hydrogens is 332 g/mol. The number of benzene rings is 2. The van der Waals surface area contributed by atoms with Crippen molar-refractivity contribution in [3.05, 3.63) is 64.2 Å². The van der Waals surface area contributed by atoms with Crippen molar-refractivity contribution in [1.29, 1.82) is 0 Å². The third kappa shape index (κ3) is 3.24. The fourth-order valence-corrected chi connectivity index (χ4v) is 3.29. The molecule has 1 aliphatic carbocycles. The molecule has 4 rings (SSSR count). The molecule has 0 bridgehead atoms. The number of aromatic nitrogens is 1. The number of carbonyl (C=O) groups excluding carboxylic acids is 1. The summed E-state index contributed by atoms with van der Waals surface area (Å²) < 4.78 is 0. The lowest BCUT2D eigenvalue weighted by atomic mass is 9.99. The summed E-state index contributed by atoms with van der Waals surface area (Å²) >= 11 is 6.15. The molecule has 1 aromatic heterocycles. The maximum Gasteiger partial charge on any atom is 0.252 e. The van der Waals surface area contributed by atoms with Crippen LogP contribution in [-0.2, 0) is 0 Å². The molecule has 126 valence electrons. The summed E-state index contributed by atoms with van der Waals surface area (Å²) in [5.41, 5.74) is 5.63. The molecule has 1 fully saturated rings. The number of hydrogen-bond acceptors (Lipinski definition) is 2. The van der Waals surface area contributed by atoms with Gasteiger partial charge in [-0.3, -0.25) is 4.79 Å². The van der Waals surface area contributed by atoms with Gasteiger partial charge >= 0.3 is 0 Å². The fourth-order valence-electron chi connectivity index (χ4n) is 3.12. The van der Waals surface area contributed by atoms with Crippen LogP contribution in [0.15, 0.2) is 42.5 Å². The number of aryl methyl sites for hydroxylation is 2. The Balaban J connectivity index is 1.90. The highest BCUT2D eigenvalue weighted by atomic mass is 35.5. The van der Waals surface area contributed by atoms with E-state index in [2.05, 4.69) is 37.4 Å². The quantitative estimate of drug-likeness (QED) is 0.717. The molecule has 1 amide bonds. The second-order valence-electron chi connectivity index (χ2n) is 6.78. The van der Waals surface area contributed by atoms with Crippen LogP contribution < -0.4 is 5.32 Å². The Morgan fingerprint density at radius 1 is 1.12 bits per heavy atom. The molecule has 3 aromatic rings. The van der Waals surface area contributed by atoms with Gasteiger partial charge in [-0.1, -0.05) is 35.4 Å². The van der Waals surface area contributed by atoms with Gasteiger partial charge in [0.25, 0.3) is 5.91 Å². The Kier molecular flexibility index (Phi) is 3.97. The zero-order valence-electron chi connectivity index (χ0n) is 14.3. The van der Waals surface area contributed by atoms with Gasteiger partial charge in [-0.2, -0.15) is 0 Å². The second-order valence-corrected chi connectivity index (χ2v) is 7.22. The Bertz CT molecular complexity index is 993. The SMILES string of the molecule is Cc1ccc(-c2cc(C(=O)NC3CC3)c3cc(Cl)ccc3n2)c(C)c1. The number of rotatable bonds is 3. The van der Waals surface area contributed by atoms with Crippen LogP contribution in [0.4, 0.5) is 0 Å². The second kappa shape index (κ2) is 6.16. The summed E-state index contributed by atoms with van der Waals surface area (Å²) in [5.74, 6) is -0.0526. The van der Waals surface area contributed by atoms with E-state index in [4.69, 9.17) is 16.6 Å². The van der Waals surface area contributed by atoms with Gasteiger partial charge in [-0.15, -0.1) is 0 Å². The lowest BCUT2D eigenvalue weighted by Crippen LogP contribution is -2.25. The number of halogens is 1. The topological polar surface area (TPSA) is 42.0 Å². The number of pyridine rings is 1. The Morgan fingerprint density at radius 3 is 2.64 bits per heavy atom. The molecule has 3 nitrogen and oxygen atoms in total. The monoisotopic (exact) mass is 350 g/mol. The van der Waals surface area contributed by atoms with Crippen LogP contribution in [0.5, 0.6) is 0 Å². The van der Waals surface area contributed by atoms with Gasteiger partial charge in [0.2, 0.25) is 0 Å². The van der Waals surface area contributed by atoms with Crippen LogP contribution in [0.2, 0.25) is 5.02 Å². The summed E-state index contributed by atoms with van der Waals surface area (Å²) in [4.78, 5) is 17.5. The first kappa shape index (κ1) is 16.1. The van der Waals surface area contributed by atoms with E-state index in [1.165, 1.54) is 5.56 Å².